The largest absolute Gasteiger partial charge is 0.354 e. The molecular formula is C34H56N6. The van der Waals surface area contributed by atoms with Crippen molar-refractivity contribution in [3.8, 4) is 0 Å². The van der Waals surface area contributed by atoms with E-state index < -0.39 is 0 Å². The first-order valence-electron chi connectivity index (χ1n) is 17.0. The Bertz CT molecular complexity index is 847. The van der Waals surface area contributed by atoms with Gasteiger partial charge in [-0.1, -0.05) is 101 Å². The van der Waals surface area contributed by atoms with Gasteiger partial charge in [-0.2, -0.15) is 0 Å². The summed E-state index contributed by atoms with van der Waals surface area (Å²) in [5.41, 5.74) is 2.62. The van der Waals surface area contributed by atoms with Crippen LogP contribution in [0.25, 0.3) is 0 Å². The van der Waals surface area contributed by atoms with Crippen LogP contribution in [-0.4, -0.2) is 36.1 Å². The summed E-state index contributed by atoms with van der Waals surface area (Å²) in [6, 6.07) is 11.1. The number of hydrogen-bond donors (Lipinski definition) is 4. The van der Waals surface area contributed by atoms with Gasteiger partial charge < -0.3 is 21.3 Å². The van der Waals surface area contributed by atoms with Crippen molar-refractivity contribution in [1.29, 1.82) is 0 Å². The summed E-state index contributed by atoms with van der Waals surface area (Å²) >= 11 is 0. The number of rotatable bonds is 8. The Balaban J connectivity index is 1.18. The molecule has 0 heterocycles. The van der Waals surface area contributed by atoms with Crippen molar-refractivity contribution in [1.82, 2.24) is 21.3 Å². The minimum Gasteiger partial charge on any atom is -0.354 e. The van der Waals surface area contributed by atoms with Gasteiger partial charge in [0.05, 0.1) is 12.1 Å². The molecule has 4 saturated carbocycles. The van der Waals surface area contributed by atoms with E-state index >= 15 is 0 Å². The highest BCUT2D eigenvalue weighted by Gasteiger charge is 2.19. The van der Waals surface area contributed by atoms with Gasteiger partial charge in [-0.3, -0.25) is 0 Å². The fourth-order valence-corrected chi connectivity index (χ4v) is 7.16. The number of benzene rings is 1. The lowest BCUT2D eigenvalue weighted by Crippen LogP contribution is -2.45. The Hall–Kier alpha value is -2.24. The molecule has 0 aliphatic heterocycles. The molecule has 0 saturated heterocycles. The van der Waals surface area contributed by atoms with Crippen molar-refractivity contribution in [3.05, 3.63) is 35.4 Å². The van der Waals surface area contributed by atoms with Gasteiger partial charge in [0.25, 0.3) is 0 Å². The van der Waals surface area contributed by atoms with Gasteiger partial charge in [0.2, 0.25) is 0 Å². The maximum Gasteiger partial charge on any atom is 0.192 e. The number of nitrogens with one attached hydrogen (secondary N) is 4. The van der Waals surface area contributed by atoms with Crippen LogP contribution in [0.5, 0.6) is 0 Å². The molecular weight excluding hydrogens is 492 g/mol. The number of guanidine groups is 2. The molecule has 222 valence electrons. The summed E-state index contributed by atoms with van der Waals surface area (Å²) in [5, 5.41) is 15.0. The Morgan fingerprint density at radius 3 is 1.30 bits per heavy atom. The van der Waals surface area contributed by atoms with Crippen LogP contribution >= 0.6 is 0 Å². The van der Waals surface area contributed by atoms with Gasteiger partial charge in [0.15, 0.2) is 11.9 Å². The smallest absolute Gasteiger partial charge is 0.192 e. The average Bonchev–Trinajstić information content (AvgIpc) is 3.01. The zero-order valence-corrected chi connectivity index (χ0v) is 25.1. The monoisotopic (exact) mass is 548 g/mol. The van der Waals surface area contributed by atoms with Gasteiger partial charge >= 0.3 is 0 Å². The number of hydrogen-bond acceptors (Lipinski definition) is 2. The normalized spacial score (nSPS) is 23.1. The molecule has 0 spiro atoms. The summed E-state index contributed by atoms with van der Waals surface area (Å²) in [6.45, 7) is 1.62. The van der Waals surface area contributed by atoms with E-state index in [4.69, 9.17) is 9.98 Å². The summed E-state index contributed by atoms with van der Waals surface area (Å²) in [7, 11) is 0. The highest BCUT2D eigenvalue weighted by atomic mass is 15.2. The van der Waals surface area contributed by atoms with Crippen LogP contribution in [0.4, 0.5) is 0 Å². The van der Waals surface area contributed by atoms with Crippen molar-refractivity contribution in [2.24, 2.45) is 9.98 Å². The summed E-state index contributed by atoms with van der Waals surface area (Å²) < 4.78 is 0. The minimum atomic E-state index is 0.474. The molecule has 0 radical (unpaired) electrons. The van der Waals surface area contributed by atoms with E-state index in [1.165, 1.54) is 140 Å². The average molecular weight is 549 g/mol. The molecule has 0 bridgehead atoms. The van der Waals surface area contributed by atoms with Crippen LogP contribution < -0.4 is 21.3 Å². The van der Waals surface area contributed by atoms with Gasteiger partial charge in [0, 0.05) is 25.2 Å². The number of nitrogens with zero attached hydrogens (tertiary/aromatic N) is 2. The van der Waals surface area contributed by atoms with Crippen LogP contribution in [0.15, 0.2) is 34.3 Å². The van der Waals surface area contributed by atoms with Crippen LogP contribution in [0.3, 0.4) is 0 Å². The predicted molar refractivity (Wildman–Crippen MR) is 169 cm³/mol. The fourth-order valence-electron chi connectivity index (χ4n) is 7.16. The second kappa shape index (κ2) is 16.3. The summed E-state index contributed by atoms with van der Waals surface area (Å²) in [5.74, 6) is 2.06. The van der Waals surface area contributed by atoms with Gasteiger partial charge in [-0.25, -0.2) is 9.98 Å². The first-order chi connectivity index (χ1) is 19.8. The molecule has 0 amide bonds. The SMILES string of the molecule is c1cc(CNC(=NC2CCCCC2)NC2CCCCC2)cc(CNC(=NC2CCCCC2)NC2CCCCC2)c1. The lowest BCUT2D eigenvalue weighted by Gasteiger charge is -2.27. The Morgan fingerprint density at radius 1 is 0.525 bits per heavy atom. The Morgan fingerprint density at radius 2 is 0.900 bits per heavy atom. The lowest BCUT2D eigenvalue weighted by atomic mass is 9.95. The fraction of sp³-hybridized carbons (Fsp3) is 0.765. The van der Waals surface area contributed by atoms with Crippen molar-refractivity contribution in [2.75, 3.05) is 0 Å². The van der Waals surface area contributed by atoms with E-state index in [-0.39, 0.29) is 0 Å². The van der Waals surface area contributed by atoms with Crippen molar-refractivity contribution < 1.29 is 0 Å². The quantitative estimate of drug-likeness (QED) is 0.207. The van der Waals surface area contributed by atoms with Crippen molar-refractivity contribution in [3.63, 3.8) is 0 Å². The van der Waals surface area contributed by atoms with Crippen LogP contribution in [0.1, 0.15) is 140 Å². The molecule has 0 aromatic heterocycles. The summed E-state index contributed by atoms with van der Waals surface area (Å²) in [4.78, 5) is 10.4. The molecule has 0 atom stereocenters. The molecule has 40 heavy (non-hydrogen) atoms. The Kier molecular flexibility index (Phi) is 11.9. The predicted octanol–water partition coefficient (Wildman–Crippen LogP) is 7.09. The maximum absolute atomic E-state index is 5.20. The third kappa shape index (κ3) is 9.99. The Labute approximate surface area is 244 Å². The number of aliphatic imine (C=N–C) groups is 2. The third-order valence-corrected chi connectivity index (χ3v) is 9.58. The molecule has 1 aromatic rings. The zero-order valence-electron chi connectivity index (χ0n) is 25.1. The van der Waals surface area contributed by atoms with Crippen molar-refractivity contribution in [2.45, 2.75) is 166 Å². The zero-order chi connectivity index (χ0) is 27.2. The second-order valence-electron chi connectivity index (χ2n) is 13.0. The highest BCUT2D eigenvalue weighted by Crippen LogP contribution is 2.23. The standard InChI is InChI=1S/C34H56N6/c1-5-16-29(17-6-1)37-33(38-30-18-7-2-8-19-30)35-25-27-14-13-15-28(24-27)26-36-34(39-31-20-9-3-10-21-31)40-32-22-11-4-12-23-32/h13-15,24,29-32H,1-12,16-23,25-26H2,(H2,35,37,38)(H2,36,39,40). The molecule has 5 rings (SSSR count). The van der Waals surface area contributed by atoms with E-state index in [2.05, 4.69) is 45.5 Å². The van der Waals surface area contributed by atoms with Crippen molar-refractivity contribution >= 4 is 11.9 Å². The van der Waals surface area contributed by atoms with E-state index in [1.54, 1.807) is 0 Å². The van der Waals surface area contributed by atoms with Gasteiger partial charge in [-0.05, 0) is 62.5 Å². The van der Waals surface area contributed by atoms with Crippen LogP contribution in [0.2, 0.25) is 0 Å². The molecule has 4 aliphatic carbocycles. The van der Waals surface area contributed by atoms with E-state index in [0.717, 1.165) is 25.0 Å². The molecule has 4 N–H and O–H groups in total. The van der Waals surface area contributed by atoms with E-state index in [1.807, 2.05) is 0 Å². The van der Waals surface area contributed by atoms with Gasteiger partial charge in [0.1, 0.15) is 0 Å². The summed E-state index contributed by atoms with van der Waals surface area (Å²) in [6.07, 6.45) is 26.2. The minimum absolute atomic E-state index is 0.474. The topological polar surface area (TPSA) is 72.8 Å². The van der Waals surface area contributed by atoms with Crippen LogP contribution in [-0.2, 0) is 13.1 Å². The van der Waals surface area contributed by atoms with Crippen LogP contribution in [0, 0.1) is 0 Å². The second-order valence-corrected chi connectivity index (χ2v) is 13.0. The lowest BCUT2D eigenvalue weighted by molar-refractivity contribution is 0.404. The first kappa shape index (κ1) is 29.3. The first-order valence-corrected chi connectivity index (χ1v) is 17.0. The van der Waals surface area contributed by atoms with E-state index in [9.17, 15) is 0 Å². The molecule has 6 heteroatoms. The molecule has 0 unspecified atom stereocenters. The third-order valence-electron chi connectivity index (χ3n) is 9.58. The molecule has 1 aromatic carbocycles. The molecule has 6 nitrogen and oxygen atoms in total. The highest BCUT2D eigenvalue weighted by molar-refractivity contribution is 5.81. The molecule has 4 aliphatic rings. The maximum atomic E-state index is 5.20. The van der Waals surface area contributed by atoms with E-state index in [0.29, 0.717) is 24.2 Å². The molecule has 4 fully saturated rings. The van der Waals surface area contributed by atoms with Gasteiger partial charge in [-0.15, -0.1) is 0 Å².